The van der Waals surface area contributed by atoms with Crippen LogP contribution in [0.1, 0.15) is 54.4 Å². The minimum absolute atomic E-state index is 0.0813. The number of likely N-dealkylation sites (tertiary alicyclic amines) is 2. The summed E-state index contributed by atoms with van der Waals surface area (Å²) < 4.78 is 83.8. The SMILES string of the molecule is Cc1ccc(NC2CCN(C(=S)CCN3CCC(OCc4ccc(C(F)(F)F)cc4)CC3)CC2)cc1C(F)(F)F. The number of thiocarbonyl (C=S) groups is 1. The Labute approximate surface area is 236 Å². The maximum atomic E-state index is 13.2. The monoisotopic (exact) mass is 587 g/mol. The molecule has 2 aromatic rings. The fraction of sp³-hybridized carbons (Fsp3) is 0.552. The summed E-state index contributed by atoms with van der Waals surface area (Å²) in [4.78, 5) is 5.46. The molecule has 0 atom stereocenters. The van der Waals surface area contributed by atoms with Crippen molar-refractivity contribution in [1.82, 2.24) is 9.80 Å². The van der Waals surface area contributed by atoms with Gasteiger partial charge in [-0.15, -0.1) is 0 Å². The molecular formula is C29H35F6N3OS. The number of anilines is 1. The van der Waals surface area contributed by atoms with Crippen molar-refractivity contribution in [2.24, 2.45) is 0 Å². The normalized spacial score (nSPS) is 18.2. The molecule has 0 saturated carbocycles. The topological polar surface area (TPSA) is 27.7 Å². The molecule has 2 saturated heterocycles. The maximum Gasteiger partial charge on any atom is 0.416 e. The molecule has 220 valence electrons. The van der Waals surface area contributed by atoms with Gasteiger partial charge >= 0.3 is 12.4 Å². The summed E-state index contributed by atoms with van der Waals surface area (Å²) in [6.07, 6.45) is -4.52. The molecule has 2 aliphatic heterocycles. The highest BCUT2D eigenvalue weighted by atomic mass is 32.1. The number of piperidine rings is 2. The molecule has 1 N–H and O–H groups in total. The molecule has 0 radical (unpaired) electrons. The van der Waals surface area contributed by atoms with Gasteiger partial charge in [0.25, 0.3) is 0 Å². The Hall–Kier alpha value is -2.37. The molecule has 0 aromatic heterocycles. The number of hydrogen-bond acceptors (Lipinski definition) is 4. The van der Waals surface area contributed by atoms with E-state index in [-0.39, 0.29) is 17.7 Å². The van der Waals surface area contributed by atoms with Crippen LogP contribution < -0.4 is 5.32 Å². The van der Waals surface area contributed by atoms with Crippen molar-refractivity contribution in [2.45, 2.75) is 70.1 Å². The fourth-order valence-electron chi connectivity index (χ4n) is 5.24. The van der Waals surface area contributed by atoms with Crippen molar-refractivity contribution in [3.05, 3.63) is 64.7 Å². The number of benzene rings is 2. The van der Waals surface area contributed by atoms with Gasteiger partial charge in [0, 0.05) is 50.9 Å². The fourth-order valence-corrected chi connectivity index (χ4v) is 5.52. The van der Waals surface area contributed by atoms with E-state index in [0.717, 1.165) is 87.5 Å². The van der Waals surface area contributed by atoms with E-state index < -0.39 is 23.5 Å². The number of ether oxygens (including phenoxy) is 1. The zero-order chi connectivity index (χ0) is 28.9. The van der Waals surface area contributed by atoms with Crippen LogP contribution in [0.15, 0.2) is 42.5 Å². The first-order valence-corrected chi connectivity index (χ1v) is 14.0. The predicted octanol–water partition coefficient (Wildman–Crippen LogP) is 7.31. The second kappa shape index (κ2) is 13.1. The van der Waals surface area contributed by atoms with E-state index >= 15 is 0 Å². The van der Waals surface area contributed by atoms with Crippen LogP contribution in [-0.2, 0) is 23.7 Å². The van der Waals surface area contributed by atoms with Gasteiger partial charge in [0.2, 0.25) is 0 Å². The summed E-state index contributed by atoms with van der Waals surface area (Å²) in [5.74, 6) is 0. The molecule has 2 aromatic carbocycles. The van der Waals surface area contributed by atoms with Gasteiger partial charge in [0.1, 0.15) is 0 Å². The number of nitrogens with one attached hydrogen (secondary N) is 1. The van der Waals surface area contributed by atoms with Crippen molar-refractivity contribution in [3.63, 3.8) is 0 Å². The second-order valence-corrected chi connectivity index (χ2v) is 11.1. The van der Waals surface area contributed by atoms with Crippen molar-refractivity contribution in [1.29, 1.82) is 0 Å². The summed E-state index contributed by atoms with van der Waals surface area (Å²) in [7, 11) is 0. The standard InChI is InChI=1S/C29H35F6N3OS/c1-20-2-7-24(18-26(20)29(33,34)35)36-23-8-16-38(17-9-23)27(40)12-15-37-13-10-25(11-14-37)39-19-21-3-5-22(6-4-21)28(30,31)32/h2-7,18,23,25,36H,8-17,19H2,1H3. The Balaban J connectivity index is 1.12. The van der Waals surface area contributed by atoms with Gasteiger partial charge in [-0.05, 0) is 68.0 Å². The number of alkyl halides is 6. The van der Waals surface area contributed by atoms with Gasteiger partial charge < -0.3 is 19.9 Å². The molecule has 0 bridgehead atoms. The Morgan fingerprint density at radius 3 is 2.15 bits per heavy atom. The number of aryl methyl sites for hydroxylation is 1. The Morgan fingerprint density at radius 2 is 1.55 bits per heavy atom. The van der Waals surface area contributed by atoms with Gasteiger partial charge in [0.15, 0.2) is 0 Å². The van der Waals surface area contributed by atoms with Crippen LogP contribution in [0, 0.1) is 6.92 Å². The molecule has 11 heteroatoms. The zero-order valence-electron chi connectivity index (χ0n) is 22.5. The van der Waals surface area contributed by atoms with E-state index in [1.807, 2.05) is 0 Å². The Bertz CT molecular complexity index is 1120. The highest BCUT2D eigenvalue weighted by molar-refractivity contribution is 7.80. The summed E-state index contributed by atoms with van der Waals surface area (Å²) in [5.41, 5.74) is 0.170. The van der Waals surface area contributed by atoms with Crippen molar-refractivity contribution >= 4 is 22.9 Å². The van der Waals surface area contributed by atoms with Gasteiger partial charge in [-0.2, -0.15) is 26.3 Å². The third-order valence-corrected chi connectivity index (χ3v) is 8.17. The van der Waals surface area contributed by atoms with Crippen LogP contribution in [0.3, 0.4) is 0 Å². The quantitative estimate of drug-likeness (QED) is 0.258. The third kappa shape index (κ3) is 8.57. The smallest absolute Gasteiger partial charge is 0.382 e. The van der Waals surface area contributed by atoms with E-state index in [4.69, 9.17) is 17.0 Å². The van der Waals surface area contributed by atoms with Gasteiger partial charge in [-0.25, -0.2) is 0 Å². The average molecular weight is 588 g/mol. The lowest BCUT2D eigenvalue weighted by Gasteiger charge is -2.36. The zero-order valence-corrected chi connectivity index (χ0v) is 23.3. The highest BCUT2D eigenvalue weighted by Gasteiger charge is 2.33. The predicted molar refractivity (Wildman–Crippen MR) is 147 cm³/mol. The molecule has 2 aliphatic rings. The molecule has 4 nitrogen and oxygen atoms in total. The van der Waals surface area contributed by atoms with Crippen LogP contribution in [0.25, 0.3) is 0 Å². The van der Waals surface area contributed by atoms with Gasteiger partial charge in [0.05, 0.1) is 28.8 Å². The van der Waals surface area contributed by atoms with E-state index in [9.17, 15) is 26.3 Å². The first-order chi connectivity index (χ1) is 18.9. The molecule has 40 heavy (non-hydrogen) atoms. The number of nitrogens with zero attached hydrogens (tertiary/aromatic N) is 2. The molecule has 2 fully saturated rings. The van der Waals surface area contributed by atoms with E-state index in [2.05, 4.69) is 15.1 Å². The number of rotatable bonds is 8. The summed E-state index contributed by atoms with van der Waals surface area (Å²) >= 11 is 5.69. The van der Waals surface area contributed by atoms with Crippen molar-refractivity contribution < 1.29 is 31.1 Å². The Morgan fingerprint density at radius 1 is 0.900 bits per heavy atom. The van der Waals surface area contributed by atoms with Crippen LogP contribution in [-0.4, -0.2) is 59.7 Å². The minimum Gasteiger partial charge on any atom is -0.382 e. The summed E-state index contributed by atoms with van der Waals surface area (Å²) in [6, 6.07) is 9.59. The molecular weight excluding hydrogens is 552 g/mol. The van der Waals surface area contributed by atoms with E-state index in [1.54, 1.807) is 6.07 Å². The van der Waals surface area contributed by atoms with Crippen LogP contribution in [0.5, 0.6) is 0 Å². The average Bonchev–Trinajstić information content (AvgIpc) is 2.92. The first-order valence-electron chi connectivity index (χ1n) is 13.6. The van der Waals surface area contributed by atoms with Crippen molar-refractivity contribution in [2.75, 3.05) is 38.0 Å². The van der Waals surface area contributed by atoms with E-state index in [0.29, 0.717) is 12.3 Å². The summed E-state index contributed by atoms with van der Waals surface area (Å²) in [5, 5.41) is 3.26. The molecule has 0 spiro atoms. The number of halogens is 6. The highest BCUT2D eigenvalue weighted by Crippen LogP contribution is 2.34. The largest absolute Gasteiger partial charge is 0.416 e. The van der Waals surface area contributed by atoms with E-state index in [1.165, 1.54) is 31.2 Å². The summed E-state index contributed by atoms with van der Waals surface area (Å²) in [6.45, 7) is 5.92. The lowest BCUT2D eigenvalue weighted by atomic mass is 10.0. The van der Waals surface area contributed by atoms with Crippen LogP contribution in [0.2, 0.25) is 0 Å². The maximum absolute atomic E-state index is 13.2. The molecule has 2 heterocycles. The Kier molecular flexibility index (Phi) is 10.00. The lowest BCUT2D eigenvalue weighted by molar-refractivity contribution is -0.138. The molecule has 0 unspecified atom stereocenters. The molecule has 0 amide bonds. The third-order valence-electron chi connectivity index (χ3n) is 7.70. The second-order valence-electron chi connectivity index (χ2n) is 10.6. The van der Waals surface area contributed by atoms with Crippen LogP contribution in [0.4, 0.5) is 32.0 Å². The first kappa shape index (κ1) is 30.6. The van der Waals surface area contributed by atoms with Crippen molar-refractivity contribution in [3.8, 4) is 0 Å². The number of hydrogen-bond donors (Lipinski definition) is 1. The van der Waals surface area contributed by atoms with Crippen LogP contribution >= 0.6 is 12.2 Å². The lowest BCUT2D eigenvalue weighted by Crippen LogP contribution is -2.43. The molecule has 4 rings (SSSR count). The minimum atomic E-state index is -4.37. The van der Waals surface area contributed by atoms with Gasteiger partial charge in [-0.1, -0.05) is 30.4 Å². The van der Waals surface area contributed by atoms with Gasteiger partial charge in [-0.3, -0.25) is 0 Å². The molecule has 0 aliphatic carbocycles.